The van der Waals surface area contributed by atoms with Gasteiger partial charge in [-0.25, -0.2) is 4.39 Å². The molecule has 0 fully saturated rings. The Morgan fingerprint density at radius 2 is 1.92 bits per heavy atom. The number of aromatic nitrogens is 2. The minimum Gasteiger partial charge on any atom is -0.425 e. The van der Waals surface area contributed by atoms with Crippen LogP contribution in [0.1, 0.15) is 18.7 Å². The first kappa shape index (κ1) is 18.4. The Labute approximate surface area is 158 Å². The molecular weight excluding hydrogens is 382 g/mol. The van der Waals surface area contributed by atoms with Crippen molar-refractivity contribution >= 4 is 29.2 Å². The zero-order valence-electron chi connectivity index (χ0n) is 13.4. The average Bonchev–Trinajstić information content (AvgIpc) is 3.08. The largest absolute Gasteiger partial charge is 0.425 e. The summed E-state index contributed by atoms with van der Waals surface area (Å²) in [6.45, 7) is 0. The normalized spacial score (nSPS) is 10.7. The van der Waals surface area contributed by atoms with Gasteiger partial charge in [0.2, 0.25) is 11.7 Å². The van der Waals surface area contributed by atoms with Gasteiger partial charge in [0.1, 0.15) is 10.8 Å². The summed E-state index contributed by atoms with van der Waals surface area (Å²) in [6, 6.07) is 10.6. The molecular formula is C18H13Cl2FN2O3. The summed E-state index contributed by atoms with van der Waals surface area (Å²) in [6.07, 6.45) is 1.02. The molecule has 5 nitrogen and oxygen atoms in total. The Kier molecular flexibility index (Phi) is 5.85. The first-order valence-electron chi connectivity index (χ1n) is 7.76. The van der Waals surface area contributed by atoms with E-state index in [1.54, 1.807) is 30.3 Å². The highest BCUT2D eigenvalue weighted by Gasteiger charge is 2.13. The topological polar surface area (TPSA) is 65.2 Å². The number of hydrogen-bond donors (Lipinski definition) is 0. The minimum absolute atomic E-state index is 0.150. The fraction of sp³-hybridized carbons (Fsp3) is 0.167. The van der Waals surface area contributed by atoms with E-state index in [-0.39, 0.29) is 23.0 Å². The van der Waals surface area contributed by atoms with E-state index in [0.29, 0.717) is 35.1 Å². The molecule has 0 saturated carbocycles. The van der Waals surface area contributed by atoms with Crippen molar-refractivity contribution in [2.45, 2.75) is 19.3 Å². The number of hydrogen-bond acceptors (Lipinski definition) is 5. The van der Waals surface area contributed by atoms with E-state index in [9.17, 15) is 9.18 Å². The zero-order chi connectivity index (χ0) is 18.5. The summed E-state index contributed by atoms with van der Waals surface area (Å²) in [5, 5.41) is 4.36. The molecule has 0 spiro atoms. The van der Waals surface area contributed by atoms with Gasteiger partial charge in [0.25, 0.3) is 0 Å². The SMILES string of the molecule is O=C(CCCc1nc(-c2ccc(F)cc2)no1)Oc1cccc(Cl)c1Cl. The van der Waals surface area contributed by atoms with Crippen molar-refractivity contribution in [2.24, 2.45) is 0 Å². The summed E-state index contributed by atoms with van der Waals surface area (Å²) in [4.78, 5) is 16.1. The molecule has 0 unspecified atom stereocenters. The van der Waals surface area contributed by atoms with Crippen molar-refractivity contribution in [1.29, 1.82) is 0 Å². The number of rotatable bonds is 6. The molecule has 0 aliphatic carbocycles. The summed E-state index contributed by atoms with van der Waals surface area (Å²) < 4.78 is 23.3. The smallest absolute Gasteiger partial charge is 0.311 e. The number of aryl methyl sites for hydroxylation is 1. The van der Waals surface area contributed by atoms with Crippen LogP contribution in [0.3, 0.4) is 0 Å². The maximum absolute atomic E-state index is 12.9. The van der Waals surface area contributed by atoms with E-state index in [1.165, 1.54) is 12.1 Å². The summed E-state index contributed by atoms with van der Waals surface area (Å²) in [5.74, 6) is 0.204. The predicted octanol–water partition coefficient (Wildman–Crippen LogP) is 5.11. The first-order chi connectivity index (χ1) is 12.5. The van der Waals surface area contributed by atoms with Crippen LogP contribution in [0.4, 0.5) is 4.39 Å². The van der Waals surface area contributed by atoms with E-state index in [4.69, 9.17) is 32.5 Å². The van der Waals surface area contributed by atoms with Crippen LogP contribution in [-0.2, 0) is 11.2 Å². The molecule has 1 heterocycles. The average molecular weight is 395 g/mol. The highest BCUT2D eigenvalue weighted by Crippen LogP contribution is 2.31. The number of carbonyl (C=O) groups is 1. The van der Waals surface area contributed by atoms with Gasteiger partial charge in [0.15, 0.2) is 5.75 Å². The quantitative estimate of drug-likeness (QED) is 0.429. The fourth-order valence-electron chi connectivity index (χ4n) is 2.19. The second-order valence-electron chi connectivity index (χ2n) is 5.40. The second-order valence-corrected chi connectivity index (χ2v) is 6.18. The molecule has 0 aliphatic rings. The number of halogens is 3. The predicted molar refractivity (Wildman–Crippen MR) is 94.7 cm³/mol. The van der Waals surface area contributed by atoms with Crippen molar-refractivity contribution in [2.75, 3.05) is 0 Å². The standard InChI is InChI=1S/C18H13Cl2FN2O3/c19-13-3-1-4-14(17(13)20)25-16(24)6-2-5-15-22-18(23-26-15)11-7-9-12(21)10-8-11/h1,3-4,7-10H,2,5-6H2. The van der Waals surface area contributed by atoms with Gasteiger partial charge in [-0.15, -0.1) is 0 Å². The summed E-state index contributed by atoms with van der Waals surface area (Å²) in [7, 11) is 0. The van der Waals surface area contributed by atoms with Gasteiger partial charge in [0.05, 0.1) is 5.02 Å². The molecule has 0 radical (unpaired) electrons. The van der Waals surface area contributed by atoms with Crippen LogP contribution in [-0.4, -0.2) is 16.1 Å². The Morgan fingerprint density at radius 1 is 1.15 bits per heavy atom. The highest BCUT2D eigenvalue weighted by atomic mass is 35.5. The lowest BCUT2D eigenvalue weighted by atomic mass is 10.2. The van der Waals surface area contributed by atoms with Gasteiger partial charge >= 0.3 is 5.97 Å². The first-order valence-corrected chi connectivity index (χ1v) is 8.52. The van der Waals surface area contributed by atoms with Crippen molar-refractivity contribution in [3.63, 3.8) is 0 Å². The van der Waals surface area contributed by atoms with E-state index >= 15 is 0 Å². The minimum atomic E-state index is -0.438. The molecule has 8 heteroatoms. The monoisotopic (exact) mass is 394 g/mol. The number of esters is 1. The Morgan fingerprint density at radius 3 is 2.69 bits per heavy atom. The van der Waals surface area contributed by atoms with E-state index in [0.717, 1.165) is 0 Å². The lowest BCUT2D eigenvalue weighted by Gasteiger charge is -2.06. The van der Waals surface area contributed by atoms with Crippen LogP contribution < -0.4 is 4.74 Å². The third-order valence-corrected chi connectivity index (χ3v) is 4.28. The van der Waals surface area contributed by atoms with Crippen LogP contribution in [0.2, 0.25) is 10.0 Å². The zero-order valence-corrected chi connectivity index (χ0v) is 14.9. The van der Waals surface area contributed by atoms with Gasteiger partial charge in [0, 0.05) is 18.4 Å². The second kappa shape index (κ2) is 8.29. The number of carbonyl (C=O) groups excluding carboxylic acids is 1. The van der Waals surface area contributed by atoms with Gasteiger partial charge < -0.3 is 9.26 Å². The molecule has 26 heavy (non-hydrogen) atoms. The van der Waals surface area contributed by atoms with Gasteiger partial charge in [-0.2, -0.15) is 4.98 Å². The van der Waals surface area contributed by atoms with Crippen molar-refractivity contribution < 1.29 is 18.4 Å². The third kappa shape index (κ3) is 4.59. The molecule has 0 bridgehead atoms. The molecule has 3 rings (SSSR count). The highest BCUT2D eigenvalue weighted by molar-refractivity contribution is 6.43. The van der Waals surface area contributed by atoms with Crippen molar-refractivity contribution in [3.05, 3.63) is 64.2 Å². The van der Waals surface area contributed by atoms with E-state index in [1.807, 2.05) is 0 Å². The molecule has 1 aromatic heterocycles. The maximum Gasteiger partial charge on any atom is 0.311 e. The van der Waals surface area contributed by atoms with E-state index < -0.39 is 5.97 Å². The third-order valence-electron chi connectivity index (χ3n) is 3.48. The van der Waals surface area contributed by atoms with Crippen LogP contribution in [0, 0.1) is 5.82 Å². The fourth-order valence-corrected chi connectivity index (χ4v) is 2.52. The van der Waals surface area contributed by atoms with E-state index in [2.05, 4.69) is 10.1 Å². The molecule has 0 amide bonds. The summed E-state index contributed by atoms with van der Waals surface area (Å²) >= 11 is 11.8. The Bertz CT molecular complexity index is 913. The molecule has 0 saturated heterocycles. The molecule has 0 atom stereocenters. The number of ether oxygens (including phenoxy) is 1. The van der Waals surface area contributed by atoms with Crippen LogP contribution in [0.5, 0.6) is 5.75 Å². The Balaban J connectivity index is 1.51. The number of benzene rings is 2. The molecule has 0 N–H and O–H groups in total. The molecule has 2 aromatic carbocycles. The summed E-state index contributed by atoms with van der Waals surface area (Å²) in [5.41, 5.74) is 0.649. The van der Waals surface area contributed by atoms with Crippen LogP contribution in [0.25, 0.3) is 11.4 Å². The van der Waals surface area contributed by atoms with Crippen LogP contribution >= 0.6 is 23.2 Å². The molecule has 3 aromatic rings. The van der Waals surface area contributed by atoms with Gasteiger partial charge in [-0.05, 0) is 42.8 Å². The van der Waals surface area contributed by atoms with Gasteiger partial charge in [-0.1, -0.05) is 34.4 Å². The lowest BCUT2D eigenvalue weighted by Crippen LogP contribution is -2.08. The van der Waals surface area contributed by atoms with Crippen molar-refractivity contribution in [3.8, 4) is 17.1 Å². The van der Waals surface area contributed by atoms with Gasteiger partial charge in [-0.3, -0.25) is 4.79 Å². The molecule has 0 aliphatic heterocycles. The Hall–Kier alpha value is -2.44. The van der Waals surface area contributed by atoms with Crippen molar-refractivity contribution in [1.82, 2.24) is 10.1 Å². The number of nitrogens with zero attached hydrogens (tertiary/aromatic N) is 2. The molecule has 134 valence electrons. The van der Waals surface area contributed by atoms with Crippen LogP contribution in [0.15, 0.2) is 47.0 Å². The maximum atomic E-state index is 12.9. The lowest BCUT2D eigenvalue weighted by molar-refractivity contribution is -0.134.